The van der Waals surface area contributed by atoms with Crippen LogP contribution in [-0.4, -0.2) is 68.8 Å². The number of aliphatic imine (C=N–C) groups is 1. The first-order valence-corrected chi connectivity index (χ1v) is 13.3. The second kappa shape index (κ2) is 9.94. The van der Waals surface area contributed by atoms with Gasteiger partial charge in [-0.3, -0.25) is 0 Å². The van der Waals surface area contributed by atoms with E-state index >= 15 is 0 Å². The number of rotatable bonds is 4. The Kier molecular flexibility index (Phi) is 6.38. The Hall–Kier alpha value is -2.99. The second-order valence-corrected chi connectivity index (χ2v) is 10.2. The monoisotopic (exact) mass is 487 g/mol. The van der Waals surface area contributed by atoms with E-state index in [1.165, 1.54) is 29.4 Å². The van der Waals surface area contributed by atoms with Crippen molar-refractivity contribution in [1.82, 2.24) is 9.88 Å². The highest BCUT2D eigenvalue weighted by atomic mass is 32.1. The average molecular weight is 488 g/mol. The van der Waals surface area contributed by atoms with E-state index in [1.807, 2.05) is 30.6 Å². The minimum Gasteiger partial charge on any atom is -0.378 e. The van der Waals surface area contributed by atoms with E-state index in [1.54, 1.807) is 11.3 Å². The van der Waals surface area contributed by atoms with E-state index < -0.39 is 0 Å². The Labute approximate surface area is 209 Å². The lowest BCUT2D eigenvalue weighted by Crippen LogP contribution is -2.37. The van der Waals surface area contributed by atoms with Crippen LogP contribution in [0, 0.1) is 11.3 Å². The van der Waals surface area contributed by atoms with Gasteiger partial charge in [0.1, 0.15) is 10.6 Å². The number of nitrogens with zero attached hydrogens (tertiary/aromatic N) is 5. The van der Waals surface area contributed by atoms with Crippen LogP contribution in [0.15, 0.2) is 29.3 Å². The van der Waals surface area contributed by atoms with Crippen LogP contribution in [0.3, 0.4) is 0 Å². The lowest BCUT2D eigenvalue weighted by molar-refractivity contribution is 0.0701. The average Bonchev–Trinajstić information content (AvgIpc) is 3.31. The van der Waals surface area contributed by atoms with E-state index in [0.717, 1.165) is 92.2 Å². The number of thiophene rings is 1. The van der Waals surface area contributed by atoms with E-state index in [9.17, 15) is 5.26 Å². The van der Waals surface area contributed by atoms with Crippen molar-refractivity contribution in [2.75, 3.05) is 57.5 Å². The molecule has 8 heteroatoms. The maximum atomic E-state index is 9.27. The number of aromatic nitrogens is 1. The summed E-state index contributed by atoms with van der Waals surface area (Å²) in [5.41, 5.74) is 5.59. The highest BCUT2D eigenvalue weighted by Gasteiger charge is 2.27. The molecule has 3 aliphatic rings. The third kappa shape index (κ3) is 4.40. The molecule has 2 aliphatic heterocycles. The van der Waals surface area contributed by atoms with Crippen molar-refractivity contribution >= 4 is 39.4 Å². The van der Waals surface area contributed by atoms with E-state index in [0.29, 0.717) is 5.56 Å². The summed E-state index contributed by atoms with van der Waals surface area (Å²) in [6.45, 7) is 6.47. The van der Waals surface area contributed by atoms with Crippen LogP contribution in [0.5, 0.6) is 0 Å². The van der Waals surface area contributed by atoms with Crippen LogP contribution >= 0.6 is 11.3 Å². The summed E-state index contributed by atoms with van der Waals surface area (Å²) in [4.78, 5) is 17.2. The predicted octanol–water partition coefficient (Wildman–Crippen LogP) is 4.54. The van der Waals surface area contributed by atoms with E-state index in [2.05, 4.69) is 15.9 Å². The molecular formula is C27H29N5O2S. The van der Waals surface area contributed by atoms with Crippen LogP contribution in [0.25, 0.3) is 20.7 Å². The molecule has 180 valence electrons. The van der Waals surface area contributed by atoms with Gasteiger partial charge in [-0.15, -0.1) is 11.3 Å². The van der Waals surface area contributed by atoms with Crippen molar-refractivity contribution in [2.45, 2.75) is 25.7 Å². The molecule has 1 aromatic carbocycles. The van der Waals surface area contributed by atoms with E-state index in [4.69, 9.17) is 19.5 Å². The van der Waals surface area contributed by atoms with Crippen LogP contribution < -0.4 is 4.90 Å². The molecular weight excluding hydrogens is 458 g/mol. The van der Waals surface area contributed by atoms with Crippen molar-refractivity contribution in [3.05, 3.63) is 41.0 Å². The molecule has 1 aliphatic carbocycles. The van der Waals surface area contributed by atoms with Gasteiger partial charge in [-0.2, -0.15) is 5.26 Å². The number of hydrogen-bond acceptors (Lipinski definition) is 7. The maximum Gasteiger partial charge on any atom is 0.133 e. The van der Waals surface area contributed by atoms with Crippen LogP contribution in [0.1, 0.15) is 29.5 Å². The number of anilines is 1. The van der Waals surface area contributed by atoms with Gasteiger partial charge in [0.25, 0.3) is 0 Å². The summed E-state index contributed by atoms with van der Waals surface area (Å²) in [6.07, 6.45) is 6.52. The van der Waals surface area contributed by atoms with Gasteiger partial charge >= 0.3 is 0 Å². The van der Waals surface area contributed by atoms with Crippen molar-refractivity contribution in [2.24, 2.45) is 4.99 Å². The number of aryl methyl sites for hydroxylation is 1. The highest BCUT2D eigenvalue weighted by Crippen LogP contribution is 2.48. The molecule has 2 aromatic heterocycles. The summed E-state index contributed by atoms with van der Waals surface area (Å²) >= 11 is 1.72. The van der Waals surface area contributed by atoms with Gasteiger partial charge < -0.3 is 19.3 Å². The Morgan fingerprint density at radius 2 is 1.63 bits per heavy atom. The molecule has 0 radical (unpaired) electrons. The number of hydrogen-bond donors (Lipinski definition) is 0. The molecule has 6 rings (SSSR count). The Balaban J connectivity index is 1.53. The smallest absolute Gasteiger partial charge is 0.133 e. The number of ether oxygens (including phenoxy) is 2. The first-order valence-electron chi connectivity index (χ1n) is 12.5. The number of fused-ring (bicyclic) bond motifs is 3. The maximum absolute atomic E-state index is 9.27. The fourth-order valence-corrected chi connectivity index (χ4v) is 6.39. The second-order valence-electron chi connectivity index (χ2n) is 9.24. The predicted molar refractivity (Wildman–Crippen MR) is 140 cm³/mol. The van der Waals surface area contributed by atoms with Crippen molar-refractivity contribution in [3.63, 3.8) is 0 Å². The summed E-state index contributed by atoms with van der Waals surface area (Å²) in [7, 11) is 0. The zero-order chi connectivity index (χ0) is 23.6. The zero-order valence-electron chi connectivity index (χ0n) is 19.8. The molecule has 2 fully saturated rings. The van der Waals surface area contributed by atoms with Crippen molar-refractivity contribution < 1.29 is 9.47 Å². The molecule has 0 amide bonds. The van der Waals surface area contributed by atoms with Crippen molar-refractivity contribution in [1.29, 1.82) is 5.26 Å². The molecule has 4 heterocycles. The summed E-state index contributed by atoms with van der Waals surface area (Å²) in [6, 6.07) is 10.1. The normalized spacial score (nSPS) is 18.7. The fraction of sp³-hybridized carbons (Fsp3) is 0.444. The summed E-state index contributed by atoms with van der Waals surface area (Å²) in [5, 5.41) is 10.5. The molecule has 0 saturated carbocycles. The molecule has 7 nitrogen and oxygen atoms in total. The minimum absolute atomic E-state index is 0.665. The number of benzene rings is 1. The Morgan fingerprint density at radius 1 is 0.943 bits per heavy atom. The third-order valence-corrected chi connectivity index (χ3v) is 8.22. The van der Waals surface area contributed by atoms with Gasteiger partial charge in [0.05, 0.1) is 55.0 Å². The lowest BCUT2D eigenvalue weighted by atomic mass is 9.89. The van der Waals surface area contributed by atoms with Gasteiger partial charge in [-0.1, -0.05) is 12.1 Å². The molecule has 35 heavy (non-hydrogen) atoms. The van der Waals surface area contributed by atoms with Crippen LogP contribution in [-0.2, 0) is 22.3 Å². The highest BCUT2D eigenvalue weighted by molar-refractivity contribution is 7.22. The molecule has 0 N–H and O–H groups in total. The largest absolute Gasteiger partial charge is 0.378 e. The zero-order valence-corrected chi connectivity index (χ0v) is 20.6. The van der Waals surface area contributed by atoms with Gasteiger partial charge in [-0.25, -0.2) is 9.98 Å². The fourth-order valence-electron chi connectivity index (χ4n) is 5.24. The van der Waals surface area contributed by atoms with Gasteiger partial charge in [0.15, 0.2) is 0 Å². The van der Waals surface area contributed by atoms with Crippen molar-refractivity contribution in [3.8, 4) is 16.5 Å². The van der Waals surface area contributed by atoms with Gasteiger partial charge in [-0.05, 0) is 54.5 Å². The standard InChI is InChI=1S/C27H29N5O2S/c28-17-19-5-7-20(8-6-19)25-24(29-18-31-9-13-33-14-10-31)23-21-3-1-2-4-22(21)26(30-27(23)35-25)32-11-15-34-16-12-32/h5-8,18H,1-4,9-16H2. The lowest BCUT2D eigenvalue weighted by Gasteiger charge is -2.31. The topological polar surface area (TPSA) is 74.0 Å². The number of pyridine rings is 1. The first kappa shape index (κ1) is 22.5. The minimum atomic E-state index is 0.665. The Morgan fingerprint density at radius 3 is 2.34 bits per heavy atom. The summed E-state index contributed by atoms with van der Waals surface area (Å²) < 4.78 is 11.1. The van der Waals surface area contributed by atoms with Gasteiger partial charge in [0, 0.05) is 31.6 Å². The molecule has 0 spiro atoms. The third-order valence-electron chi connectivity index (χ3n) is 7.09. The molecule has 0 unspecified atom stereocenters. The SMILES string of the molecule is N#Cc1ccc(-c2sc3nc(N4CCOCC4)c4c(c3c2N=CN2CCOCC2)CCCC4)cc1. The van der Waals surface area contributed by atoms with Crippen LogP contribution in [0.2, 0.25) is 0 Å². The van der Waals surface area contributed by atoms with Gasteiger partial charge in [0.2, 0.25) is 0 Å². The quantitative estimate of drug-likeness (QED) is 0.397. The Bertz CT molecular complexity index is 1280. The van der Waals surface area contributed by atoms with Crippen LogP contribution in [0.4, 0.5) is 11.5 Å². The first-order chi connectivity index (χ1) is 17.3. The van der Waals surface area contributed by atoms with E-state index in [-0.39, 0.29) is 0 Å². The molecule has 0 atom stereocenters. The number of nitriles is 1. The molecule has 0 bridgehead atoms. The summed E-state index contributed by atoms with van der Waals surface area (Å²) in [5.74, 6) is 1.15. The number of morpholine rings is 2. The molecule has 3 aromatic rings. The molecule has 2 saturated heterocycles.